The number of sulfonamides is 1. The maximum absolute atomic E-state index is 12.7. The summed E-state index contributed by atoms with van der Waals surface area (Å²) in [4.78, 5) is 12.5. The number of nitrogens with one attached hydrogen (secondary N) is 3. The summed E-state index contributed by atoms with van der Waals surface area (Å²) in [6.07, 6.45) is -0.829. The largest absolute Gasteiger partial charge is 0.485 e. The van der Waals surface area contributed by atoms with Crippen LogP contribution < -0.4 is 25.6 Å². The number of hydrogen-bond donors (Lipinski definition) is 3. The molecule has 32 heavy (non-hydrogen) atoms. The van der Waals surface area contributed by atoms with Crippen LogP contribution in [0.15, 0.2) is 53.4 Å². The van der Waals surface area contributed by atoms with Gasteiger partial charge in [0, 0.05) is 18.8 Å². The average Bonchev–Trinajstić information content (AvgIpc) is 2.83. The lowest BCUT2D eigenvalue weighted by atomic mass is 10.2. The van der Waals surface area contributed by atoms with Crippen LogP contribution in [0.3, 0.4) is 0 Å². The number of amides is 1. The summed E-state index contributed by atoms with van der Waals surface area (Å²) in [6.45, 7) is 1.50. The predicted octanol–water partition coefficient (Wildman–Crippen LogP) is 0.865. The first kappa shape index (κ1) is 22.3. The Morgan fingerprint density at radius 1 is 1.00 bits per heavy atom. The van der Waals surface area contributed by atoms with Gasteiger partial charge in [-0.25, -0.2) is 8.42 Å². The lowest BCUT2D eigenvalue weighted by molar-refractivity contribution is -0.130. The molecule has 2 aromatic rings. The molecule has 0 spiro atoms. The van der Waals surface area contributed by atoms with Crippen molar-refractivity contribution in [3.8, 4) is 11.5 Å². The number of hydrogen-bond acceptors (Lipinski definition) is 7. The number of ether oxygens (including phenoxy) is 3. The van der Waals surface area contributed by atoms with Crippen molar-refractivity contribution in [3.63, 3.8) is 0 Å². The molecule has 0 saturated carbocycles. The van der Waals surface area contributed by atoms with Gasteiger partial charge in [-0.2, -0.15) is 4.31 Å². The van der Waals surface area contributed by atoms with Crippen LogP contribution in [0.4, 0.5) is 5.69 Å². The third kappa shape index (κ3) is 5.10. The van der Waals surface area contributed by atoms with E-state index in [2.05, 4.69) is 16.2 Å². The molecule has 1 unspecified atom stereocenters. The molecule has 1 saturated heterocycles. The van der Waals surface area contributed by atoms with E-state index in [1.165, 1.54) is 16.4 Å². The molecule has 2 heterocycles. The molecule has 2 aliphatic heterocycles. The number of morpholine rings is 1. The van der Waals surface area contributed by atoms with E-state index in [1.807, 2.05) is 6.07 Å². The van der Waals surface area contributed by atoms with Crippen molar-refractivity contribution in [2.24, 2.45) is 0 Å². The van der Waals surface area contributed by atoms with Crippen molar-refractivity contribution in [1.29, 1.82) is 0 Å². The number of carbonyl (C=O) groups is 1. The highest BCUT2D eigenvalue weighted by Crippen LogP contribution is 2.30. The minimum atomic E-state index is -3.57. The van der Waals surface area contributed by atoms with Gasteiger partial charge in [-0.3, -0.25) is 15.6 Å². The number of thiocarbonyl (C=S) groups is 1. The number of anilines is 1. The second kappa shape index (κ2) is 9.69. The summed E-state index contributed by atoms with van der Waals surface area (Å²) in [5.41, 5.74) is 5.62. The highest BCUT2D eigenvalue weighted by Gasteiger charge is 2.28. The number of rotatable bonds is 4. The fraction of sp³-hybridized carbons (Fsp3) is 0.300. The average molecular weight is 479 g/mol. The molecule has 4 rings (SSSR count). The summed E-state index contributed by atoms with van der Waals surface area (Å²) in [5, 5.41) is 3.00. The van der Waals surface area contributed by atoms with Crippen LogP contribution >= 0.6 is 12.2 Å². The number of fused-ring (bicyclic) bond motifs is 1. The molecule has 1 amide bonds. The van der Waals surface area contributed by atoms with E-state index in [0.29, 0.717) is 43.5 Å². The molecule has 10 nitrogen and oxygen atoms in total. The zero-order valence-corrected chi connectivity index (χ0v) is 18.6. The molecule has 0 bridgehead atoms. The lowest BCUT2D eigenvalue weighted by Crippen LogP contribution is -2.51. The highest BCUT2D eigenvalue weighted by molar-refractivity contribution is 7.89. The Morgan fingerprint density at radius 3 is 2.41 bits per heavy atom. The Balaban J connectivity index is 1.27. The van der Waals surface area contributed by atoms with Gasteiger partial charge >= 0.3 is 0 Å². The SMILES string of the molecule is O=C(NNC(=S)Nc1ccc(S(=O)(=O)N2CCOCC2)cc1)C1COc2ccccc2O1. The van der Waals surface area contributed by atoms with Crippen LogP contribution in [-0.2, 0) is 19.6 Å². The van der Waals surface area contributed by atoms with E-state index >= 15 is 0 Å². The van der Waals surface area contributed by atoms with Crippen LogP contribution in [0.1, 0.15) is 0 Å². The highest BCUT2D eigenvalue weighted by atomic mass is 32.2. The van der Waals surface area contributed by atoms with Crippen LogP contribution in [0.25, 0.3) is 0 Å². The van der Waals surface area contributed by atoms with E-state index in [9.17, 15) is 13.2 Å². The van der Waals surface area contributed by atoms with Crippen LogP contribution in [0.2, 0.25) is 0 Å². The second-order valence-corrected chi connectivity index (χ2v) is 9.32. The molecule has 3 N–H and O–H groups in total. The summed E-state index contributed by atoms with van der Waals surface area (Å²) in [5.74, 6) is 0.628. The number of nitrogens with zero attached hydrogens (tertiary/aromatic N) is 1. The van der Waals surface area contributed by atoms with Crippen molar-refractivity contribution < 1.29 is 27.4 Å². The standard InChI is InChI=1S/C20H22N4O6S2/c25-19(18-13-29-16-3-1-2-4-17(16)30-18)22-23-20(31)21-14-5-7-15(8-6-14)32(26,27)24-9-11-28-12-10-24/h1-8,18H,9-13H2,(H,22,25)(H2,21,23,31). The molecule has 1 atom stereocenters. The first-order chi connectivity index (χ1) is 15.4. The van der Waals surface area contributed by atoms with E-state index in [1.54, 1.807) is 30.3 Å². The van der Waals surface area contributed by atoms with E-state index in [0.717, 1.165) is 0 Å². The molecule has 1 fully saturated rings. The molecular formula is C20H22N4O6S2. The van der Waals surface area contributed by atoms with Crippen molar-refractivity contribution >= 4 is 38.9 Å². The second-order valence-electron chi connectivity index (χ2n) is 6.97. The van der Waals surface area contributed by atoms with E-state index in [-0.39, 0.29) is 16.6 Å². The van der Waals surface area contributed by atoms with Gasteiger partial charge in [0.25, 0.3) is 5.91 Å². The topological polar surface area (TPSA) is 118 Å². The molecule has 0 aromatic heterocycles. The molecule has 170 valence electrons. The Morgan fingerprint density at radius 2 is 1.69 bits per heavy atom. The van der Waals surface area contributed by atoms with Gasteiger partial charge in [0.05, 0.1) is 18.1 Å². The van der Waals surface area contributed by atoms with Crippen LogP contribution in [0, 0.1) is 0 Å². The molecule has 2 aliphatic rings. The normalized spacial score (nSPS) is 18.4. The minimum absolute atomic E-state index is 0.0732. The zero-order valence-electron chi connectivity index (χ0n) is 16.9. The number of para-hydroxylation sites is 2. The van der Waals surface area contributed by atoms with Gasteiger partial charge in [0.2, 0.25) is 16.1 Å². The molecule has 0 aliphatic carbocycles. The Bertz CT molecular complexity index is 1090. The van der Waals surface area contributed by atoms with E-state index in [4.69, 9.17) is 26.4 Å². The predicted molar refractivity (Wildman–Crippen MR) is 120 cm³/mol. The summed E-state index contributed by atoms with van der Waals surface area (Å²) < 4.78 is 43.1. The molecule has 12 heteroatoms. The Labute approximate surface area is 190 Å². The minimum Gasteiger partial charge on any atom is -0.485 e. The monoisotopic (exact) mass is 478 g/mol. The van der Waals surface area contributed by atoms with Crippen molar-refractivity contribution in [2.75, 3.05) is 38.2 Å². The van der Waals surface area contributed by atoms with Crippen LogP contribution in [0.5, 0.6) is 11.5 Å². The summed E-state index contributed by atoms with van der Waals surface area (Å²) >= 11 is 5.18. The summed E-state index contributed by atoms with van der Waals surface area (Å²) in [7, 11) is -3.57. The zero-order chi connectivity index (χ0) is 22.6. The Hall–Kier alpha value is -2.93. The van der Waals surface area contributed by atoms with Crippen molar-refractivity contribution in [3.05, 3.63) is 48.5 Å². The number of hydrazine groups is 1. The fourth-order valence-corrected chi connectivity index (χ4v) is 4.73. The maximum atomic E-state index is 12.7. The molecule has 2 aromatic carbocycles. The van der Waals surface area contributed by atoms with Gasteiger partial charge in [-0.05, 0) is 48.6 Å². The van der Waals surface area contributed by atoms with Gasteiger partial charge in [0.1, 0.15) is 6.61 Å². The molecular weight excluding hydrogens is 456 g/mol. The maximum Gasteiger partial charge on any atom is 0.283 e. The number of carbonyl (C=O) groups excluding carboxylic acids is 1. The fourth-order valence-electron chi connectivity index (χ4n) is 3.16. The van der Waals surface area contributed by atoms with Crippen molar-refractivity contribution in [1.82, 2.24) is 15.2 Å². The smallest absolute Gasteiger partial charge is 0.283 e. The van der Waals surface area contributed by atoms with Gasteiger partial charge in [-0.1, -0.05) is 12.1 Å². The van der Waals surface area contributed by atoms with E-state index < -0.39 is 22.0 Å². The van der Waals surface area contributed by atoms with Gasteiger partial charge < -0.3 is 19.5 Å². The van der Waals surface area contributed by atoms with Gasteiger partial charge in [-0.15, -0.1) is 0 Å². The van der Waals surface area contributed by atoms with Crippen LogP contribution in [-0.4, -0.2) is 62.8 Å². The Kier molecular flexibility index (Phi) is 6.74. The molecule has 0 radical (unpaired) electrons. The van der Waals surface area contributed by atoms with Gasteiger partial charge in [0.15, 0.2) is 16.6 Å². The first-order valence-electron chi connectivity index (χ1n) is 9.87. The number of benzene rings is 2. The van der Waals surface area contributed by atoms with Crippen molar-refractivity contribution in [2.45, 2.75) is 11.0 Å². The third-order valence-electron chi connectivity index (χ3n) is 4.82. The third-order valence-corrected chi connectivity index (χ3v) is 6.94. The first-order valence-corrected chi connectivity index (χ1v) is 11.7. The summed E-state index contributed by atoms with van der Waals surface area (Å²) in [6, 6.07) is 13.3. The lowest BCUT2D eigenvalue weighted by Gasteiger charge is -2.26. The quantitative estimate of drug-likeness (QED) is 0.434.